The summed E-state index contributed by atoms with van der Waals surface area (Å²) in [6, 6.07) is 9.82. The van der Waals surface area contributed by atoms with E-state index in [4.69, 9.17) is 5.73 Å². The number of thiol groups is 1. The van der Waals surface area contributed by atoms with Gasteiger partial charge in [-0.15, -0.1) is 12.6 Å². The van der Waals surface area contributed by atoms with Crippen LogP contribution in [0.15, 0.2) is 53.4 Å². The smallest absolute Gasteiger partial charge is 0.326 e. The van der Waals surface area contributed by atoms with Crippen LogP contribution in [0.1, 0.15) is 16.7 Å². The van der Waals surface area contributed by atoms with E-state index < -0.39 is 23.5 Å². The monoisotopic (exact) mass is 353 g/mol. The molecule has 0 fully saturated rings. The highest BCUT2D eigenvalue weighted by atomic mass is 32.1. The lowest BCUT2D eigenvalue weighted by Crippen LogP contribution is -2.09. The van der Waals surface area contributed by atoms with Crippen LogP contribution in [0.2, 0.25) is 0 Å². The first-order valence-electron chi connectivity index (χ1n) is 6.26. The Bertz CT molecular complexity index is 590. The molecule has 0 radical (unpaired) electrons. The predicted octanol–water partition coefficient (Wildman–Crippen LogP) is 5.16. The first-order chi connectivity index (χ1) is 10.5. The van der Waals surface area contributed by atoms with Gasteiger partial charge in [0.1, 0.15) is 0 Å². The zero-order valence-corrected chi connectivity index (χ0v) is 12.5. The minimum atomic E-state index is -4.75. The lowest BCUT2D eigenvalue weighted by atomic mass is 10.1. The second-order valence-corrected chi connectivity index (χ2v) is 4.96. The minimum absolute atomic E-state index is 0.0833. The van der Waals surface area contributed by atoms with E-state index in [2.05, 4.69) is 12.6 Å². The van der Waals surface area contributed by atoms with Crippen molar-refractivity contribution in [1.82, 2.24) is 0 Å². The number of hydrogen-bond donors (Lipinski definition) is 2. The molecular weight excluding hydrogens is 340 g/mol. The molecule has 2 aromatic rings. The molecule has 0 aliphatic rings. The molecule has 1 nitrogen and oxygen atoms in total. The normalized spacial score (nSPS) is 11.7. The summed E-state index contributed by atoms with van der Waals surface area (Å²) in [5, 5.41) is 0. The molecule has 2 aromatic carbocycles. The van der Waals surface area contributed by atoms with E-state index in [0.717, 1.165) is 16.5 Å². The van der Waals surface area contributed by atoms with Crippen molar-refractivity contribution in [3.8, 4) is 0 Å². The first-order valence-corrected chi connectivity index (χ1v) is 6.71. The third-order valence-electron chi connectivity index (χ3n) is 2.69. The van der Waals surface area contributed by atoms with Gasteiger partial charge in [0, 0.05) is 11.4 Å². The molecule has 0 aromatic heterocycles. The summed E-state index contributed by atoms with van der Waals surface area (Å²) < 4.78 is 71.9. The van der Waals surface area contributed by atoms with Gasteiger partial charge in [-0.05, 0) is 35.9 Å². The molecule has 126 valence electrons. The van der Waals surface area contributed by atoms with Crippen molar-refractivity contribution in [3.05, 3.63) is 65.2 Å². The Balaban J connectivity index is 0.000000253. The van der Waals surface area contributed by atoms with Crippen molar-refractivity contribution in [2.75, 3.05) is 0 Å². The Kier molecular flexibility index (Phi) is 6.52. The van der Waals surface area contributed by atoms with Gasteiger partial charge in [0.2, 0.25) is 0 Å². The van der Waals surface area contributed by atoms with Crippen molar-refractivity contribution in [3.63, 3.8) is 0 Å². The van der Waals surface area contributed by atoms with Crippen molar-refractivity contribution >= 4 is 12.6 Å². The van der Waals surface area contributed by atoms with E-state index >= 15 is 0 Å². The van der Waals surface area contributed by atoms with E-state index in [9.17, 15) is 26.3 Å². The van der Waals surface area contributed by atoms with Crippen LogP contribution in [0.4, 0.5) is 26.3 Å². The molecule has 0 heterocycles. The van der Waals surface area contributed by atoms with Gasteiger partial charge in [-0.1, -0.05) is 18.2 Å². The van der Waals surface area contributed by atoms with E-state index in [1.165, 1.54) is 0 Å². The van der Waals surface area contributed by atoms with Gasteiger partial charge < -0.3 is 5.73 Å². The molecule has 0 aliphatic heterocycles. The van der Waals surface area contributed by atoms with Gasteiger partial charge >= 0.3 is 12.4 Å². The third-order valence-corrected chi connectivity index (χ3v) is 2.99. The average Bonchev–Trinajstić information content (AvgIpc) is 2.47. The molecule has 2 rings (SSSR count). The standard InChI is InChI=1S/C8H4F6.C7H9NS/c9-7(10,11)5-2-1-3-6(4-5)8(12,13)14;8-5-6-1-3-7(9)4-2-6/h1-4H;1-4,9H,5,8H2. The summed E-state index contributed by atoms with van der Waals surface area (Å²) in [4.78, 5) is 0.979. The Morgan fingerprint density at radius 1 is 0.783 bits per heavy atom. The number of nitrogens with two attached hydrogens (primary N) is 1. The fraction of sp³-hybridized carbons (Fsp3) is 0.200. The summed E-state index contributed by atoms with van der Waals surface area (Å²) in [5.74, 6) is 0. The summed E-state index contributed by atoms with van der Waals surface area (Å²) in [6.45, 7) is 0.605. The van der Waals surface area contributed by atoms with Gasteiger partial charge in [0.25, 0.3) is 0 Å². The number of halogens is 6. The predicted molar refractivity (Wildman–Crippen MR) is 78.0 cm³/mol. The molecule has 2 N–H and O–H groups in total. The van der Waals surface area contributed by atoms with Gasteiger partial charge in [-0.3, -0.25) is 0 Å². The molecule has 0 bridgehead atoms. The van der Waals surface area contributed by atoms with Gasteiger partial charge in [-0.25, -0.2) is 0 Å². The van der Waals surface area contributed by atoms with Crippen molar-refractivity contribution in [2.45, 2.75) is 23.8 Å². The molecule has 0 saturated carbocycles. The van der Waals surface area contributed by atoms with Crippen LogP contribution in [-0.2, 0) is 18.9 Å². The van der Waals surface area contributed by atoms with Crippen LogP contribution in [0.5, 0.6) is 0 Å². The second-order valence-electron chi connectivity index (χ2n) is 4.45. The second kappa shape index (κ2) is 7.74. The fourth-order valence-electron chi connectivity index (χ4n) is 1.50. The fourth-order valence-corrected chi connectivity index (χ4v) is 1.65. The summed E-state index contributed by atoms with van der Waals surface area (Å²) in [6.07, 6.45) is -9.50. The largest absolute Gasteiger partial charge is 0.416 e. The Labute approximate surface area is 134 Å². The van der Waals surface area contributed by atoms with Crippen molar-refractivity contribution in [2.24, 2.45) is 5.73 Å². The average molecular weight is 353 g/mol. The molecule has 0 spiro atoms. The lowest BCUT2D eigenvalue weighted by molar-refractivity contribution is -0.143. The van der Waals surface area contributed by atoms with Crippen LogP contribution >= 0.6 is 12.6 Å². The van der Waals surface area contributed by atoms with Gasteiger partial charge in [0.15, 0.2) is 0 Å². The van der Waals surface area contributed by atoms with Gasteiger partial charge in [0.05, 0.1) is 11.1 Å². The lowest BCUT2D eigenvalue weighted by Gasteiger charge is -2.10. The van der Waals surface area contributed by atoms with Crippen LogP contribution in [0, 0.1) is 0 Å². The van der Waals surface area contributed by atoms with E-state index in [0.29, 0.717) is 18.7 Å². The highest BCUT2D eigenvalue weighted by Gasteiger charge is 2.35. The summed E-state index contributed by atoms with van der Waals surface area (Å²) in [5.41, 5.74) is 3.92. The summed E-state index contributed by atoms with van der Waals surface area (Å²) >= 11 is 4.13. The van der Waals surface area contributed by atoms with Crippen LogP contribution in [-0.4, -0.2) is 0 Å². The van der Waals surface area contributed by atoms with Gasteiger partial charge in [-0.2, -0.15) is 26.3 Å². The van der Waals surface area contributed by atoms with E-state index in [1.807, 2.05) is 24.3 Å². The highest BCUT2D eigenvalue weighted by molar-refractivity contribution is 7.80. The molecule has 0 unspecified atom stereocenters. The molecule has 23 heavy (non-hydrogen) atoms. The highest BCUT2D eigenvalue weighted by Crippen LogP contribution is 2.34. The zero-order chi connectivity index (χ0) is 17.7. The van der Waals surface area contributed by atoms with Crippen molar-refractivity contribution < 1.29 is 26.3 Å². The van der Waals surface area contributed by atoms with E-state index in [1.54, 1.807) is 0 Å². The molecular formula is C15H13F6NS. The van der Waals surface area contributed by atoms with Crippen LogP contribution in [0.3, 0.4) is 0 Å². The molecule has 0 amide bonds. The number of alkyl halides is 6. The SMILES string of the molecule is FC(F)(F)c1cccc(C(F)(F)F)c1.NCc1ccc(S)cc1. The number of rotatable bonds is 1. The molecule has 8 heteroatoms. The quantitative estimate of drug-likeness (QED) is 0.538. The van der Waals surface area contributed by atoms with Crippen LogP contribution < -0.4 is 5.73 Å². The Morgan fingerprint density at radius 3 is 1.57 bits per heavy atom. The van der Waals surface area contributed by atoms with E-state index in [-0.39, 0.29) is 6.07 Å². The number of benzene rings is 2. The first kappa shape index (κ1) is 19.4. The maximum Gasteiger partial charge on any atom is 0.416 e. The molecule has 0 atom stereocenters. The Hall–Kier alpha value is -1.67. The van der Waals surface area contributed by atoms with Crippen LogP contribution in [0.25, 0.3) is 0 Å². The molecule has 0 saturated heterocycles. The topological polar surface area (TPSA) is 26.0 Å². The van der Waals surface area contributed by atoms with Crippen molar-refractivity contribution in [1.29, 1.82) is 0 Å². The minimum Gasteiger partial charge on any atom is -0.326 e. The number of hydrogen-bond acceptors (Lipinski definition) is 2. The maximum atomic E-state index is 12.0. The summed E-state index contributed by atoms with van der Waals surface area (Å²) in [7, 11) is 0. The third kappa shape index (κ3) is 6.54. The maximum absolute atomic E-state index is 12.0. The zero-order valence-electron chi connectivity index (χ0n) is 11.6. The molecule has 0 aliphatic carbocycles. The Morgan fingerprint density at radius 2 is 1.22 bits per heavy atom.